The van der Waals surface area contributed by atoms with Crippen molar-refractivity contribution in [1.82, 2.24) is 0 Å². The lowest BCUT2D eigenvalue weighted by Crippen LogP contribution is -2.24. The lowest BCUT2D eigenvalue weighted by molar-refractivity contribution is 0.246. The van der Waals surface area contributed by atoms with Crippen molar-refractivity contribution in [2.24, 2.45) is 0 Å². The van der Waals surface area contributed by atoms with Gasteiger partial charge >= 0.3 is 0 Å². The first-order valence-corrected chi connectivity index (χ1v) is 7.71. The van der Waals surface area contributed by atoms with E-state index in [1.165, 1.54) is 12.1 Å². The zero-order chi connectivity index (χ0) is 14.1. The van der Waals surface area contributed by atoms with Crippen LogP contribution in [0.1, 0.15) is 5.56 Å². The van der Waals surface area contributed by atoms with E-state index in [0.29, 0.717) is 18.0 Å². The number of anilines is 1. The summed E-state index contributed by atoms with van der Waals surface area (Å²) in [5.41, 5.74) is 1.81. The molecule has 0 fully saturated rings. The van der Waals surface area contributed by atoms with Crippen molar-refractivity contribution in [2.45, 2.75) is 12.5 Å². The standard InChI is InChI=1S/C15H12ClFINO/c16-13-7-11(18)2-3-14(13)19-8-12-6-9-5-10(17)1-4-15(9)20-12/h1-5,7,12,19H,6,8H2. The van der Waals surface area contributed by atoms with Crippen LogP contribution in [0, 0.1) is 9.39 Å². The van der Waals surface area contributed by atoms with Gasteiger partial charge in [-0.1, -0.05) is 11.6 Å². The summed E-state index contributed by atoms with van der Waals surface area (Å²) >= 11 is 8.39. The number of hydrogen-bond acceptors (Lipinski definition) is 2. The Bertz CT molecular complexity index is 650. The van der Waals surface area contributed by atoms with Crippen LogP contribution in [0.5, 0.6) is 5.75 Å². The third kappa shape index (κ3) is 3.01. The molecule has 0 spiro atoms. The van der Waals surface area contributed by atoms with Gasteiger partial charge in [0.05, 0.1) is 17.3 Å². The minimum Gasteiger partial charge on any atom is -0.488 e. The second-order valence-corrected chi connectivity index (χ2v) is 6.35. The van der Waals surface area contributed by atoms with Crippen LogP contribution in [0.25, 0.3) is 0 Å². The second-order valence-electron chi connectivity index (χ2n) is 4.70. The Labute approximate surface area is 135 Å². The third-order valence-electron chi connectivity index (χ3n) is 3.22. The number of rotatable bonds is 3. The van der Waals surface area contributed by atoms with Gasteiger partial charge in [-0.25, -0.2) is 4.39 Å². The lowest BCUT2D eigenvalue weighted by atomic mass is 10.1. The first-order chi connectivity index (χ1) is 9.61. The summed E-state index contributed by atoms with van der Waals surface area (Å²) in [7, 11) is 0. The van der Waals surface area contributed by atoms with E-state index in [-0.39, 0.29) is 11.9 Å². The maximum absolute atomic E-state index is 13.1. The quantitative estimate of drug-likeness (QED) is 0.762. The number of ether oxygens (including phenoxy) is 1. The Morgan fingerprint density at radius 1 is 1.30 bits per heavy atom. The number of hydrogen-bond donors (Lipinski definition) is 1. The average molecular weight is 404 g/mol. The SMILES string of the molecule is Fc1ccc2c(c1)CC(CNc1ccc(I)cc1Cl)O2. The smallest absolute Gasteiger partial charge is 0.123 e. The molecule has 2 aromatic carbocycles. The van der Waals surface area contributed by atoms with E-state index >= 15 is 0 Å². The zero-order valence-corrected chi connectivity index (χ0v) is 13.4. The summed E-state index contributed by atoms with van der Waals surface area (Å²) in [6.45, 7) is 0.636. The van der Waals surface area contributed by atoms with Gasteiger partial charge in [-0.05, 0) is 59.0 Å². The summed E-state index contributed by atoms with van der Waals surface area (Å²) < 4.78 is 20.0. The van der Waals surface area contributed by atoms with Crippen molar-refractivity contribution in [3.8, 4) is 5.75 Å². The first kappa shape index (κ1) is 13.9. The summed E-state index contributed by atoms with van der Waals surface area (Å²) in [6, 6.07) is 10.5. The summed E-state index contributed by atoms with van der Waals surface area (Å²) in [6.07, 6.45) is 0.712. The van der Waals surface area contributed by atoms with Gasteiger partial charge in [0.2, 0.25) is 0 Å². The Hall–Kier alpha value is -1.01. The van der Waals surface area contributed by atoms with Crippen molar-refractivity contribution in [2.75, 3.05) is 11.9 Å². The average Bonchev–Trinajstić information content (AvgIpc) is 2.79. The van der Waals surface area contributed by atoms with Crippen molar-refractivity contribution >= 4 is 39.9 Å². The van der Waals surface area contributed by atoms with Crippen LogP contribution < -0.4 is 10.1 Å². The Kier molecular flexibility index (Phi) is 4.03. The molecule has 1 N–H and O–H groups in total. The molecule has 5 heteroatoms. The van der Waals surface area contributed by atoms with Crippen LogP contribution in [-0.4, -0.2) is 12.6 Å². The Balaban J connectivity index is 1.63. The highest BCUT2D eigenvalue weighted by atomic mass is 127. The molecule has 1 aliphatic heterocycles. The number of fused-ring (bicyclic) bond motifs is 1. The monoisotopic (exact) mass is 403 g/mol. The molecule has 3 rings (SSSR count). The van der Waals surface area contributed by atoms with E-state index in [1.807, 2.05) is 18.2 Å². The molecule has 0 bridgehead atoms. The van der Waals surface area contributed by atoms with Gasteiger partial charge in [-0.2, -0.15) is 0 Å². The van der Waals surface area contributed by atoms with Crippen LogP contribution in [-0.2, 0) is 6.42 Å². The Morgan fingerprint density at radius 2 is 2.15 bits per heavy atom. The molecule has 1 aliphatic rings. The maximum Gasteiger partial charge on any atom is 0.123 e. The topological polar surface area (TPSA) is 21.3 Å². The number of nitrogens with one attached hydrogen (secondary N) is 1. The molecule has 2 aromatic rings. The molecule has 1 atom stereocenters. The van der Waals surface area contributed by atoms with Gasteiger partial charge in [0.15, 0.2) is 0 Å². The van der Waals surface area contributed by atoms with Gasteiger partial charge in [0.1, 0.15) is 17.7 Å². The summed E-state index contributed by atoms with van der Waals surface area (Å²) in [4.78, 5) is 0. The molecule has 0 amide bonds. The van der Waals surface area contributed by atoms with Crippen LogP contribution in [0.3, 0.4) is 0 Å². The number of halogens is 3. The van der Waals surface area contributed by atoms with Crippen molar-refractivity contribution in [3.63, 3.8) is 0 Å². The Morgan fingerprint density at radius 3 is 2.95 bits per heavy atom. The van der Waals surface area contributed by atoms with Gasteiger partial charge in [0, 0.05) is 15.6 Å². The lowest BCUT2D eigenvalue weighted by Gasteiger charge is -2.14. The molecule has 1 unspecified atom stereocenters. The molecule has 0 saturated heterocycles. The molecular formula is C15H12ClFINO. The molecule has 0 radical (unpaired) electrons. The predicted octanol–water partition coefficient (Wildman–Crippen LogP) is 4.50. The van der Waals surface area contributed by atoms with Gasteiger partial charge in [0.25, 0.3) is 0 Å². The van der Waals surface area contributed by atoms with Crippen LogP contribution in [0.4, 0.5) is 10.1 Å². The van der Waals surface area contributed by atoms with Gasteiger partial charge in [-0.3, -0.25) is 0 Å². The molecule has 2 nitrogen and oxygen atoms in total. The van der Waals surface area contributed by atoms with E-state index in [4.69, 9.17) is 16.3 Å². The first-order valence-electron chi connectivity index (χ1n) is 6.26. The highest BCUT2D eigenvalue weighted by molar-refractivity contribution is 14.1. The predicted molar refractivity (Wildman–Crippen MR) is 87.2 cm³/mol. The van der Waals surface area contributed by atoms with Crippen molar-refractivity contribution in [1.29, 1.82) is 0 Å². The molecule has 20 heavy (non-hydrogen) atoms. The highest BCUT2D eigenvalue weighted by Gasteiger charge is 2.23. The fourth-order valence-corrected chi connectivity index (χ4v) is 3.18. The van der Waals surface area contributed by atoms with E-state index in [1.54, 1.807) is 6.07 Å². The molecule has 0 aliphatic carbocycles. The van der Waals surface area contributed by atoms with Gasteiger partial charge < -0.3 is 10.1 Å². The largest absolute Gasteiger partial charge is 0.488 e. The summed E-state index contributed by atoms with van der Waals surface area (Å²) in [5.74, 6) is 0.550. The molecular weight excluding hydrogens is 392 g/mol. The van der Waals surface area contributed by atoms with E-state index in [9.17, 15) is 4.39 Å². The highest BCUT2D eigenvalue weighted by Crippen LogP contribution is 2.30. The maximum atomic E-state index is 13.1. The van der Waals surface area contributed by atoms with Crippen molar-refractivity contribution < 1.29 is 9.13 Å². The third-order valence-corrected chi connectivity index (χ3v) is 4.20. The van der Waals surface area contributed by atoms with E-state index < -0.39 is 0 Å². The van der Waals surface area contributed by atoms with Crippen LogP contribution in [0.15, 0.2) is 36.4 Å². The van der Waals surface area contributed by atoms with E-state index in [2.05, 4.69) is 27.9 Å². The minimum absolute atomic E-state index is 0.00199. The zero-order valence-electron chi connectivity index (χ0n) is 10.5. The summed E-state index contributed by atoms with van der Waals surface area (Å²) in [5, 5.41) is 3.97. The van der Waals surface area contributed by atoms with E-state index in [0.717, 1.165) is 20.6 Å². The second kappa shape index (κ2) is 5.77. The van der Waals surface area contributed by atoms with Gasteiger partial charge in [-0.15, -0.1) is 0 Å². The molecule has 0 aromatic heterocycles. The fourth-order valence-electron chi connectivity index (χ4n) is 2.26. The number of benzene rings is 2. The fraction of sp³-hybridized carbons (Fsp3) is 0.200. The normalized spacial score (nSPS) is 16.6. The minimum atomic E-state index is -0.221. The van der Waals surface area contributed by atoms with Crippen LogP contribution in [0.2, 0.25) is 5.02 Å². The van der Waals surface area contributed by atoms with Crippen molar-refractivity contribution in [3.05, 3.63) is 56.4 Å². The molecule has 1 heterocycles. The molecule has 104 valence electrons. The molecule has 0 saturated carbocycles. The van der Waals surface area contributed by atoms with Crippen LogP contribution >= 0.6 is 34.2 Å².